The maximum Gasteiger partial charge on any atom is 0.294 e. The van der Waals surface area contributed by atoms with Crippen molar-refractivity contribution in [3.8, 4) is 0 Å². The van der Waals surface area contributed by atoms with Gasteiger partial charge < -0.3 is 15.2 Å². The Hall–Kier alpha value is -2.96. The van der Waals surface area contributed by atoms with Crippen LogP contribution in [0.15, 0.2) is 18.2 Å². The van der Waals surface area contributed by atoms with Gasteiger partial charge in [0.2, 0.25) is 0 Å². The van der Waals surface area contributed by atoms with Gasteiger partial charge in [0.15, 0.2) is 0 Å². The van der Waals surface area contributed by atoms with E-state index in [9.17, 15) is 18.8 Å². The lowest BCUT2D eigenvalue weighted by Crippen LogP contribution is -2.51. The molecule has 4 fully saturated rings. The summed E-state index contributed by atoms with van der Waals surface area (Å²) in [7, 11) is 1.70. The number of aromatic nitrogens is 1. The van der Waals surface area contributed by atoms with Crippen molar-refractivity contribution in [2.24, 2.45) is 24.8 Å². The number of Topliss-reactive ketones (excluding diaryl/α,β-unsaturated/α-hetero) is 1. The second kappa shape index (κ2) is 7.54. The van der Waals surface area contributed by atoms with Crippen LogP contribution < -0.4 is 10.6 Å². The third-order valence-corrected chi connectivity index (χ3v) is 8.35. The normalized spacial score (nSPS) is 27.1. The fraction of sp³-hybridized carbons (Fsp3) is 0.500. The second-order valence-corrected chi connectivity index (χ2v) is 10.4. The van der Waals surface area contributed by atoms with Crippen molar-refractivity contribution in [2.45, 2.75) is 58.4 Å². The number of aryl methyl sites for hydroxylation is 1. The van der Waals surface area contributed by atoms with Gasteiger partial charge in [-0.25, -0.2) is 4.39 Å². The summed E-state index contributed by atoms with van der Waals surface area (Å²) in [5.41, 5.74) is 2.33. The molecule has 33 heavy (non-hydrogen) atoms. The van der Waals surface area contributed by atoms with E-state index in [1.54, 1.807) is 38.5 Å². The highest BCUT2D eigenvalue weighted by molar-refractivity contribution is 6.43. The molecule has 2 unspecified atom stereocenters. The molecule has 2 aromatic rings. The van der Waals surface area contributed by atoms with Crippen LogP contribution in [0.2, 0.25) is 0 Å². The molecule has 7 heteroatoms. The average molecular weight is 452 g/mol. The number of carbonyl (C=O) groups excluding carboxylic acids is 3. The van der Waals surface area contributed by atoms with Gasteiger partial charge in [0.25, 0.3) is 17.6 Å². The minimum absolute atomic E-state index is 0.227. The first kappa shape index (κ1) is 21.9. The molecule has 1 aromatic heterocycles. The van der Waals surface area contributed by atoms with Gasteiger partial charge in [0, 0.05) is 24.0 Å². The summed E-state index contributed by atoms with van der Waals surface area (Å²) in [6, 6.07) is 4.36. The monoisotopic (exact) mass is 451 g/mol. The van der Waals surface area contributed by atoms with Crippen LogP contribution in [0.4, 0.5) is 10.1 Å². The highest BCUT2D eigenvalue weighted by Crippen LogP contribution is 2.60. The summed E-state index contributed by atoms with van der Waals surface area (Å²) < 4.78 is 15.2. The van der Waals surface area contributed by atoms with E-state index in [0.29, 0.717) is 45.8 Å². The van der Waals surface area contributed by atoms with Crippen molar-refractivity contribution in [2.75, 3.05) is 5.32 Å². The Morgan fingerprint density at radius 1 is 1.06 bits per heavy atom. The van der Waals surface area contributed by atoms with Gasteiger partial charge >= 0.3 is 0 Å². The standard InChI is InChI=1S/C26H30FN3O3/c1-13-7-19(5-6-20(13)27)28-24(32)21-14(2)22(30(4)15(21)3)23(31)25(33)29-26-11-16-8-17(12-26)10-18(26)9-16/h5-7,16-18H,8-12H2,1-4H3,(H,28,32)(H,29,33)/t16-,17+,18?,26?. The number of nitrogens with one attached hydrogen (secondary N) is 2. The van der Waals surface area contributed by atoms with Crippen molar-refractivity contribution in [3.63, 3.8) is 0 Å². The summed E-state index contributed by atoms with van der Waals surface area (Å²) >= 11 is 0. The predicted octanol–water partition coefficient (Wildman–Crippen LogP) is 4.22. The Balaban J connectivity index is 1.38. The lowest BCUT2D eigenvalue weighted by Gasteiger charge is -2.33. The molecule has 174 valence electrons. The molecule has 4 aliphatic carbocycles. The SMILES string of the molecule is Cc1cc(NC(=O)c2c(C)c(C(=O)C(=O)NC34C[C@@H]5CC3C[C@@H](C5)C4)n(C)c2C)ccc1F. The van der Waals surface area contributed by atoms with Crippen LogP contribution in [0.25, 0.3) is 0 Å². The third-order valence-electron chi connectivity index (χ3n) is 8.35. The number of rotatable bonds is 5. The van der Waals surface area contributed by atoms with Gasteiger partial charge in [0.05, 0.1) is 11.3 Å². The summed E-state index contributed by atoms with van der Waals surface area (Å²) in [4.78, 5) is 39.4. The smallest absolute Gasteiger partial charge is 0.294 e. The molecule has 6 nitrogen and oxygen atoms in total. The Morgan fingerprint density at radius 3 is 2.36 bits per heavy atom. The molecule has 4 bridgehead atoms. The van der Waals surface area contributed by atoms with Crippen LogP contribution in [-0.4, -0.2) is 27.7 Å². The van der Waals surface area contributed by atoms with E-state index in [-0.39, 0.29) is 17.1 Å². The topological polar surface area (TPSA) is 80.2 Å². The van der Waals surface area contributed by atoms with Crippen molar-refractivity contribution in [1.82, 2.24) is 9.88 Å². The highest BCUT2D eigenvalue weighted by Gasteiger charge is 2.58. The van der Waals surface area contributed by atoms with Crippen molar-refractivity contribution in [3.05, 3.63) is 52.1 Å². The lowest BCUT2D eigenvalue weighted by atomic mass is 9.80. The molecule has 0 radical (unpaired) electrons. The van der Waals surface area contributed by atoms with Crippen molar-refractivity contribution >= 4 is 23.3 Å². The fourth-order valence-corrected chi connectivity index (χ4v) is 6.94. The third kappa shape index (κ3) is 3.40. The molecule has 2 amide bonds. The molecule has 0 spiro atoms. The van der Waals surface area contributed by atoms with Crippen molar-refractivity contribution in [1.29, 1.82) is 0 Å². The number of ketones is 1. The van der Waals surface area contributed by atoms with Crippen LogP contribution in [0, 0.1) is 44.3 Å². The maximum atomic E-state index is 13.6. The zero-order valence-electron chi connectivity index (χ0n) is 19.5. The zero-order chi connectivity index (χ0) is 23.7. The summed E-state index contributed by atoms with van der Waals surface area (Å²) in [5, 5.41) is 5.92. The molecule has 4 aliphatic rings. The predicted molar refractivity (Wildman–Crippen MR) is 123 cm³/mol. The number of nitrogens with zero attached hydrogens (tertiary/aromatic N) is 1. The number of hydrogen-bond acceptors (Lipinski definition) is 3. The minimum Gasteiger partial charge on any atom is -0.344 e. The van der Waals surface area contributed by atoms with E-state index in [1.807, 2.05) is 0 Å². The molecular weight excluding hydrogens is 421 g/mol. The van der Waals surface area contributed by atoms with E-state index in [0.717, 1.165) is 25.7 Å². The Kier molecular flexibility index (Phi) is 4.99. The second-order valence-electron chi connectivity index (χ2n) is 10.4. The Labute approximate surface area is 192 Å². The average Bonchev–Trinajstić information content (AvgIpc) is 3.23. The van der Waals surface area contributed by atoms with Gasteiger partial charge in [-0.2, -0.15) is 0 Å². The molecule has 6 rings (SSSR count). The quantitative estimate of drug-likeness (QED) is 0.528. The van der Waals surface area contributed by atoms with Gasteiger partial charge in [-0.3, -0.25) is 14.4 Å². The minimum atomic E-state index is -0.602. The van der Waals surface area contributed by atoms with Gasteiger partial charge in [0.1, 0.15) is 5.82 Å². The number of hydrogen-bond donors (Lipinski definition) is 2. The number of halogens is 1. The number of benzene rings is 1. The first-order valence-electron chi connectivity index (χ1n) is 11.7. The molecular formula is C26H30FN3O3. The molecule has 0 saturated heterocycles. The number of anilines is 1. The Morgan fingerprint density at radius 2 is 1.73 bits per heavy atom. The van der Waals surface area contributed by atoms with E-state index >= 15 is 0 Å². The largest absolute Gasteiger partial charge is 0.344 e. The van der Waals surface area contributed by atoms with E-state index in [2.05, 4.69) is 10.6 Å². The molecule has 0 aliphatic heterocycles. The van der Waals surface area contributed by atoms with Crippen LogP contribution >= 0.6 is 0 Å². The molecule has 2 N–H and O–H groups in total. The molecule has 1 heterocycles. The summed E-state index contributed by atoms with van der Waals surface area (Å²) in [6.45, 7) is 5.07. The lowest BCUT2D eigenvalue weighted by molar-refractivity contribution is -0.119. The highest BCUT2D eigenvalue weighted by atomic mass is 19.1. The fourth-order valence-electron chi connectivity index (χ4n) is 6.94. The first-order chi connectivity index (χ1) is 15.6. The van der Waals surface area contributed by atoms with Gasteiger partial charge in [-0.15, -0.1) is 0 Å². The molecule has 4 atom stereocenters. The van der Waals surface area contributed by atoms with Gasteiger partial charge in [-0.05, 0) is 100.0 Å². The maximum absolute atomic E-state index is 13.6. The van der Waals surface area contributed by atoms with Gasteiger partial charge in [-0.1, -0.05) is 0 Å². The van der Waals surface area contributed by atoms with E-state index in [1.165, 1.54) is 18.6 Å². The number of amides is 2. The summed E-state index contributed by atoms with van der Waals surface area (Å²) in [6.07, 6.45) is 5.51. The first-order valence-corrected chi connectivity index (χ1v) is 11.7. The Bertz CT molecular complexity index is 1180. The van der Waals surface area contributed by atoms with Crippen molar-refractivity contribution < 1.29 is 18.8 Å². The van der Waals surface area contributed by atoms with E-state index in [4.69, 9.17) is 0 Å². The van der Waals surface area contributed by atoms with E-state index < -0.39 is 17.6 Å². The summed E-state index contributed by atoms with van der Waals surface area (Å²) in [5.74, 6) is -0.0957. The number of carbonyl (C=O) groups is 3. The van der Waals surface area contributed by atoms with Crippen LogP contribution in [-0.2, 0) is 11.8 Å². The van der Waals surface area contributed by atoms with Crippen LogP contribution in [0.1, 0.15) is 69.8 Å². The molecule has 1 aromatic carbocycles. The van der Waals surface area contributed by atoms with Crippen LogP contribution in [0.5, 0.6) is 0 Å². The van der Waals surface area contributed by atoms with Crippen LogP contribution in [0.3, 0.4) is 0 Å². The zero-order valence-corrected chi connectivity index (χ0v) is 19.5. The molecule has 4 saturated carbocycles.